The summed E-state index contributed by atoms with van der Waals surface area (Å²) in [5.41, 5.74) is 1.07. The van der Waals surface area contributed by atoms with Crippen molar-refractivity contribution >= 4 is 5.91 Å². The van der Waals surface area contributed by atoms with Crippen molar-refractivity contribution in [3.05, 3.63) is 24.0 Å². The van der Waals surface area contributed by atoms with Gasteiger partial charge in [-0.1, -0.05) is 6.92 Å². The first-order valence-corrected chi connectivity index (χ1v) is 5.71. The number of rotatable bonds is 6. The number of nitriles is 1. The molecule has 17 heavy (non-hydrogen) atoms. The SMILES string of the molecule is CCNC(C)c1cccn1CC(=O)NCC#N. The Morgan fingerprint density at radius 3 is 3.06 bits per heavy atom. The van der Waals surface area contributed by atoms with E-state index in [2.05, 4.69) is 17.6 Å². The Hall–Kier alpha value is -1.80. The van der Waals surface area contributed by atoms with Gasteiger partial charge in [0.1, 0.15) is 13.1 Å². The van der Waals surface area contributed by atoms with Gasteiger partial charge in [-0.3, -0.25) is 4.79 Å². The minimum Gasteiger partial charge on any atom is -0.341 e. The number of carbonyl (C=O) groups is 1. The first kappa shape index (κ1) is 13.3. The molecule has 5 heteroatoms. The van der Waals surface area contributed by atoms with Crippen LogP contribution in [-0.2, 0) is 11.3 Å². The monoisotopic (exact) mass is 234 g/mol. The molecular weight excluding hydrogens is 216 g/mol. The molecule has 0 aliphatic carbocycles. The Kier molecular flexibility index (Phi) is 5.24. The lowest BCUT2D eigenvalue weighted by atomic mass is 10.2. The Bertz CT molecular complexity index is 405. The highest BCUT2D eigenvalue weighted by Gasteiger charge is 2.10. The second-order valence-electron chi connectivity index (χ2n) is 3.78. The smallest absolute Gasteiger partial charge is 0.240 e. The molecule has 2 N–H and O–H groups in total. The first-order chi connectivity index (χ1) is 8.19. The Balaban J connectivity index is 2.63. The van der Waals surface area contributed by atoms with Crippen LogP contribution in [-0.4, -0.2) is 23.6 Å². The summed E-state index contributed by atoms with van der Waals surface area (Å²) in [6, 6.07) is 6.00. The number of hydrogen-bond acceptors (Lipinski definition) is 3. The third-order valence-corrected chi connectivity index (χ3v) is 2.50. The lowest BCUT2D eigenvalue weighted by Crippen LogP contribution is -2.29. The van der Waals surface area contributed by atoms with E-state index in [1.807, 2.05) is 35.9 Å². The lowest BCUT2D eigenvalue weighted by molar-refractivity contribution is -0.121. The fraction of sp³-hybridized carbons (Fsp3) is 0.500. The molecule has 5 nitrogen and oxygen atoms in total. The van der Waals surface area contributed by atoms with Crippen molar-refractivity contribution in [1.29, 1.82) is 5.26 Å². The average molecular weight is 234 g/mol. The van der Waals surface area contributed by atoms with Gasteiger partial charge in [0.2, 0.25) is 5.91 Å². The molecule has 1 heterocycles. The van der Waals surface area contributed by atoms with Gasteiger partial charge in [0.05, 0.1) is 6.07 Å². The summed E-state index contributed by atoms with van der Waals surface area (Å²) in [6.45, 7) is 5.29. The molecule has 0 radical (unpaired) electrons. The van der Waals surface area contributed by atoms with Gasteiger partial charge < -0.3 is 15.2 Å². The highest BCUT2D eigenvalue weighted by molar-refractivity contribution is 5.76. The van der Waals surface area contributed by atoms with Crippen LogP contribution in [0.3, 0.4) is 0 Å². The van der Waals surface area contributed by atoms with Gasteiger partial charge in [0, 0.05) is 17.9 Å². The molecule has 0 aromatic carbocycles. The summed E-state index contributed by atoms with van der Waals surface area (Å²) in [6.07, 6.45) is 1.87. The van der Waals surface area contributed by atoms with Crippen molar-refractivity contribution in [2.45, 2.75) is 26.4 Å². The fourth-order valence-electron chi connectivity index (χ4n) is 1.72. The minimum absolute atomic E-state index is 0.0538. The van der Waals surface area contributed by atoms with Crippen molar-refractivity contribution < 1.29 is 4.79 Å². The summed E-state index contributed by atoms with van der Waals surface area (Å²) in [7, 11) is 0. The molecule has 1 aromatic heterocycles. The number of hydrogen-bond donors (Lipinski definition) is 2. The van der Waals surface area contributed by atoms with Gasteiger partial charge in [-0.05, 0) is 25.6 Å². The molecular formula is C12H18N4O. The molecule has 0 aliphatic rings. The van der Waals surface area contributed by atoms with E-state index in [-0.39, 0.29) is 25.0 Å². The number of nitrogens with zero attached hydrogens (tertiary/aromatic N) is 2. The molecule has 1 amide bonds. The second kappa shape index (κ2) is 6.71. The zero-order chi connectivity index (χ0) is 12.7. The van der Waals surface area contributed by atoms with Crippen LogP contribution in [0, 0.1) is 11.3 Å². The van der Waals surface area contributed by atoms with Gasteiger partial charge >= 0.3 is 0 Å². The zero-order valence-electron chi connectivity index (χ0n) is 10.2. The van der Waals surface area contributed by atoms with Gasteiger partial charge in [0.25, 0.3) is 0 Å². The number of nitrogens with one attached hydrogen (secondary N) is 2. The predicted molar refractivity (Wildman–Crippen MR) is 65.1 cm³/mol. The highest BCUT2D eigenvalue weighted by atomic mass is 16.1. The van der Waals surface area contributed by atoms with Crippen LogP contribution in [0.15, 0.2) is 18.3 Å². The third kappa shape index (κ3) is 3.93. The molecule has 0 fully saturated rings. The van der Waals surface area contributed by atoms with Crippen molar-refractivity contribution in [3.8, 4) is 6.07 Å². The van der Waals surface area contributed by atoms with E-state index in [4.69, 9.17) is 5.26 Å². The quantitative estimate of drug-likeness (QED) is 0.715. The van der Waals surface area contributed by atoms with Gasteiger partial charge in [-0.2, -0.15) is 5.26 Å². The van der Waals surface area contributed by atoms with Crippen LogP contribution in [0.25, 0.3) is 0 Å². The van der Waals surface area contributed by atoms with Gasteiger partial charge in [-0.15, -0.1) is 0 Å². The van der Waals surface area contributed by atoms with Crippen LogP contribution in [0.2, 0.25) is 0 Å². The molecule has 0 spiro atoms. The molecule has 92 valence electrons. The van der Waals surface area contributed by atoms with Crippen LogP contribution in [0.1, 0.15) is 25.6 Å². The molecule has 1 rings (SSSR count). The number of aromatic nitrogens is 1. The van der Waals surface area contributed by atoms with E-state index in [9.17, 15) is 4.79 Å². The molecule has 0 saturated carbocycles. The molecule has 1 atom stereocenters. The Morgan fingerprint density at radius 2 is 2.41 bits per heavy atom. The Labute approximate surface area is 101 Å². The van der Waals surface area contributed by atoms with Crippen LogP contribution >= 0.6 is 0 Å². The zero-order valence-corrected chi connectivity index (χ0v) is 10.2. The molecule has 1 unspecified atom stereocenters. The van der Waals surface area contributed by atoms with E-state index in [1.165, 1.54) is 0 Å². The molecule has 0 bridgehead atoms. The maximum atomic E-state index is 11.5. The van der Waals surface area contributed by atoms with Crippen LogP contribution < -0.4 is 10.6 Å². The van der Waals surface area contributed by atoms with Crippen molar-refractivity contribution in [3.63, 3.8) is 0 Å². The lowest BCUT2D eigenvalue weighted by Gasteiger charge is -2.15. The molecule has 0 aliphatic heterocycles. The molecule has 0 saturated heterocycles. The minimum atomic E-state index is -0.146. The van der Waals surface area contributed by atoms with Crippen molar-refractivity contribution in [2.24, 2.45) is 0 Å². The maximum Gasteiger partial charge on any atom is 0.240 e. The number of carbonyl (C=O) groups excluding carboxylic acids is 1. The van der Waals surface area contributed by atoms with Crippen molar-refractivity contribution in [1.82, 2.24) is 15.2 Å². The Morgan fingerprint density at radius 1 is 1.65 bits per heavy atom. The van der Waals surface area contributed by atoms with Gasteiger partial charge in [-0.25, -0.2) is 0 Å². The van der Waals surface area contributed by atoms with E-state index >= 15 is 0 Å². The average Bonchev–Trinajstić information content (AvgIpc) is 2.75. The normalized spacial score (nSPS) is 11.8. The topological polar surface area (TPSA) is 69.8 Å². The fourth-order valence-corrected chi connectivity index (χ4v) is 1.72. The number of amides is 1. The van der Waals surface area contributed by atoms with E-state index < -0.39 is 0 Å². The summed E-state index contributed by atoms with van der Waals surface area (Å²) in [5.74, 6) is -0.146. The summed E-state index contributed by atoms with van der Waals surface area (Å²) >= 11 is 0. The summed E-state index contributed by atoms with van der Waals surface area (Å²) in [4.78, 5) is 11.5. The highest BCUT2D eigenvalue weighted by Crippen LogP contribution is 2.12. The largest absolute Gasteiger partial charge is 0.341 e. The standard InChI is InChI=1S/C12H18N4O/c1-3-14-10(2)11-5-4-8-16(11)9-12(17)15-7-6-13/h4-5,8,10,14H,3,7,9H2,1-2H3,(H,15,17). The van der Waals surface area contributed by atoms with Crippen molar-refractivity contribution in [2.75, 3.05) is 13.1 Å². The summed E-state index contributed by atoms with van der Waals surface area (Å²) < 4.78 is 1.89. The second-order valence-corrected chi connectivity index (χ2v) is 3.78. The molecule has 1 aromatic rings. The summed E-state index contributed by atoms with van der Waals surface area (Å²) in [5, 5.41) is 14.2. The van der Waals surface area contributed by atoms with Crippen LogP contribution in [0.5, 0.6) is 0 Å². The predicted octanol–water partition coefficient (Wildman–Crippen LogP) is 0.798. The van der Waals surface area contributed by atoms with Gasteiger partial charge in [0.15, 0.2) is 0 Å². The van der Waals surface area contributed by atoms with E-state index in [0.29, 0.717) is 0 Å². The van der Waals surface area contributed by atoms with E-state index in [1.54, 1.807) is 0 Å². The van der Waals surface area contributed by atoms with E-state index in [0.717, 1.165) is 12.2 Å². The third-order valence-electron chi connectivity index (χ3n) is 2.50. The first-order valence-electron chi connectivity index (χ1n) is 5.71. The van der Waals surface area contributed by atoms with Crippen LogP contribution in [0.4, 0.5) is 0 Å². The maximum absolute atomic E-state index is 11.5.